The number of phenols is 4. The number of benzene rings is 3. The summed E-state index contributed by atoms with van der Waals surface area (Å²) in [7, 11) is 0. The Balaban J connectivity index is 1.89. The van der Waals surface area contributed by atoms with Crippen LogP contribution in [0.15, 0.2) is 30.3 Å². The third-order valence-corrected chi connectivity index (χ3v) is 5.95. The molecule has 0 spiro atoms. The summed E-state index contributed by atoms with van der Waals surface area (Å²) in [6, 6.07) is 9.60. The van der Waals surface area contributed by atoms with E-state index in [0.29, 0.717) is 29.0 Å². The van der Waals surface area contributed by atoms with Crippen molar-refractivity contribution in [2.24, 2.45) is 5.92 Å². The summed E-state index contributed by atoms with van der Waals surface area (Å²) < 4.78 is 6.18. The lowest BCUT2D eigenvalue weighted by molar-refractivity contribution is 0.264. The van der Waals surface area contributed by atoms with Gasteiger partial charge in [-0.1, -0.05) is 39.0 Å². The minimum atomic E-state index is -0.523. The van der Waals surface area contributed by atoms with Crippen molar-refractivity contribution in [3.63, 3.8) is 0 Å². The Morgan fingerprint density at radius 1 is 0.935 bits per heavy atom. The molecule has 5 heteroatoms. The van der Waals surface area contributed by atoms with Crippen LogP contribution in [-0.2, 0) is 12.8 Å². The van der Waals surface area contributed by atoms with E-state index in [1.165, 1.54) is 0 Å². The maximum atomic E-state index is 10.5. The van der Waals surface area contributed by atoms with E-state index in [2.05, 4.69) is 0 Å². The monoisotopic (exact) mass is 420 g/mol. The third kappa shape index (κ3) is 3.44. The molecule has 0 aromatic heterocycles. The van der Waals surface area contributed by atoms with E-state index in [-0.39, 0.29) is 23.5 Å². The molecular formula is C26H28O5. The lowest BCUT2D eigenvalue weighted by Crippen LogP contribution is -2.19. The molecule has 162 valence electrons. The van der Waals surface area contributed by atoms with E-state index in [1.807, 2.05) is 58.0 Å². The van der Waals surface area contributed by atoms with Crippen LogP contribution in [0.5, 0.6) is 28.7 Å². The number of aromatic hydroxyl groups is 4. The summed E-state index contributed by atoms with van der Waals surface area (Å²) in [5.41, 5.74) is 3.57. The van der Waals surface area contributed by atoms with Crippen molar-refractivity contribution in [3.8, 4) is 28.7 Å². The summed E-state index contributed by atoms with van der Waals surface area (Å²) in [5, 5.41) is 43.4. The van der Waals surface area contributed by atoms with Crippen LogP contribution in [0.4, 0.5) is 0 Å². The van der Waals surface area contributed by atoms with Gasteiger partial charge in [0.25, 0.3) is 0 Å². The lowest BCUT2D eigenvalue weighted by atomic mass is 9.90. The Morgan fingerprint density at radius 2 is 1.68 bits per heavy atom. The molecule has 0 saturated heterocycles. The smallest absolute Gasteiger partial charge is 0.201 e. The molecule has 1 aliphatic heterocycles. The van der Waals surface area contributed by atoms with E-state index in [9.17, 15) is 20.4 Å². The van der Waals surface area contributed by atoms with Crippen molar-refractivity contribution in [1.82, 2.24) is 0 Å². The van der Waals surface area contributed by atoms with Gasteiger partial charge in [0.15, 0.2) is 11.5 Å². The van der Waals surface area contributed by atoms with Crippen molar-refractivity contribution in [3.05, 3.63) is 52.6 Å². The second-order valence-corrected chi connectivity index (χ2v) is 8.58. The zero-order valence-corrected chi connectivity index (χ0v) is 18.2. The number of fused-ring (bicyclic) bond motifs is 2. The largest absolute Gasteiger partial charge is 0.508 e. The Labute approximate surface area is 181 Å². The maximum absolute atomic E-state index is 10.5. The molecule has 1 atom stereocenters. The van der Waals surface area contributed by atoms with Gasteiger partial charge >= 0.3 is 0 Å². The van der Waals surface area contributed by atoms with E-state index >= 15 is 0 Å². The Kier molecular flexibility index (Phi) is 5.21. The molecule has 31 heavy (non-hydrogen) atoms. The molecule has 3 aromatic rings. The molecule has 0 bridgehead atoms. The summed E-state index contributed by atoms with van der Waals surface area (Å²) in [5.74, 6) is -0.299. The molecule has 0 fully saturated rings. The molecule has 3 aromatic carbocycles. The summed E-state index contributed by atoms with van der Waals surface area (Å²) in [6.07, 6.45) is 2.75. The first-order chi connectivity index (χ1) is 14.7. The average Bonchev–Trinajstić information content (AvgIpc) is 2.74. The number of ether oxygens (including phenoxy) is 1. The highest BCUT2D eigenvalue weighted by Crippen LogP contribution is 2.51. The van der Waals surface area contributed by atoms with Crippen LogP contribution in [0.2, 0.25) is 0 Å². The van der Waals surface area contributed by atoms with E-state index in [0.717, 1.165) is 33.9 Å². The first kappa shape index (κ1) is 20.9. The van der Waals surface area contributed by atoms with Gasteiger partial charge in [-0.15, -0.1) is 0 Å². The predicted octanol–water partition coefficient (Wildman–Crippen LogP) is 5.74. The molecule has 5 nitrogen and oxygen atoms in total. The molecule has 1 unspecified atom stereocenters. The highest BCUT2D eigenvalue weighted by Gasteiger charge is 2.30. The fourth-order valence-electron chi connectivity index (χ4n) is 4.39. The molecule has 0 saturated carbocycles. The molecule has 0 amide bonds. The van der Waals surface area contributed by atoms with Crippen LogP contribution >= 0.6 is 0 Å². The van der Waals surface area contributed by atoms with Crippen LogP contribution in [-0.4, -0.2) is 26.5 Å². The number of hydrogen-bond donors (Lipinski definition) is 4. The molecular weight excluding hydrogens is 392 g/mol. The predicted molar refractivity (Wildman–Crippen MR) is 123 cm³/mol. The van der Waals surface area contributed by atoms with Crippen molar-refractivity contribution in [1.29, 1.82) is 0 Å². The molecule has 0 radical (unpaired) electrons. The highest BCUT2D eigenvalue weighted by atomic mass is 16.5. The second-order valence-electron chi connectivity index (χ2n) is 8.58. The Morgan fingerprint density at radius 3 is 2.35 bits per heavy atom. The molecule has 4 N–H and O–H groups in total. The standard InChI is InChI=1S/C26H28O5/c1-5-17-18-8-6-16(11-15(18)7-9-22(17)27)19-12-21-24(29)25(30)23(28)20(10-13(2)3)26(21)31-14(19)4/h6-9,11-14,27-30H,5,10H2,1-4H3. The lowest BCUT2D eigenvalue weighted by Gasteiger charge is -2.28. The number of hydrogen-bond acceptors (Lipinski definition) is 5. The number of phenolic OH excluding ortho intramolecular Hbond substituents is 4. The van der Waals surface area contributed by atoms with Crippen LogP contribution in [0.3, 0.4) is 0 Å². The normalized spacial score (nSPS) is 15.6. The topological polar surface area (TPSA) is 90.2 Å². The van der Waals surface area contributed by atoms with Crippen molar-refractivity contribution >= 4 is 22.4 Å². The van der Waals surface area contributed by atoms with Gasteiger partial charge in [0.1, 0.15) is 17.6 Å². The average molecular weight is 421 g/mol. The van der Waals surface area contributed by atoms with Crippen LogP contribution < -0.4 is 4.74 Å². The minimum absolute atomic E-state index is 0.230. The fraction of sp³-hybridized carbons (Fsp3) is 0.308. The van der Waals surface area contributed by atoms with Gasteiger partial charge in [0.05, 0.1) is 5.56 Å². The summed E-state index contributed by atoms with van der Waals surface area (Å²) >= 11 is 0. The van der Waals surface area contributed by atoms with Gasteiger partial charge in [-0.25, -0.2) is 0 Å². The zero-order chi connectivity index (χ0) is 22.4. The SMILES string of the molecule is CCc1c(O)ccc2cc(C3=Cc4c(O)c(O)c(O)c(CC(C)C)c4OC3C)ccc12. The van der Waals surface area contributed by atoms with Crippen LogP contribution in [0, 0.1) is 5.92 Å². The van der Waals surface area contributed by atoms with Crippen LogP contribution in [0.25, 0.3) is 22.4 Å². The van der Waals surface area contributed by atoms with Gasteiger partial charge in [-0.3, -0.25) is 0 Å². The van der Waals surface area contributed by atoms with Crippen LogP contribution in [0.1, 0.15) is 49.9 Å². The van der Waals surface area contributed by atoms with E-state index in [1.54, 1.807) is 6.07 Å². The van der Waals surface area contributed by atoms with Gasteiger partial charge in [-0.05, 0) is 60.2 Å². The summed E-state index contributed by atoms with van der Waals surface area (Å²) in [6.45, 7) is 7.97. The van der Waals surface area contributed by atoms with Crippen molar-refractivity contribution < 1.29 is 25.2 Å². The summed E-state index contributed by atoms with van der Waals surface area (Å²) in [4.78, 5) is 0. The Bertz CT molecular complexity index is 1210. The maximum Gasteiger partial charge on any atom is 0.201 e. The van der Waals surface area contributed by atoms with E-state index < -0.39 is 5.75 Å². The first-order valence-corrected chi connectivity index (χ1v) is 10.7. The highest BCUT2D eigenvalue weighted by molar-refractivity contribution is 5.95. The molecule has 4 rings (SSSR count). The zero-order valence-electron chi connectivity index (χ0n) is 18.2. The third-order valence-electron chi connectivity index (χ3n) is 5.95. The quantitative estimate of drug-likeness (QED) is 0.404. The minimum Gasteiger partial charge on any atom is -0.508 e. The number of rotatable bonds is 4. The van der Waals surface area contributed by atoms with Crippen molar-refractivity contribution in [2.45, 2.75) is 46.6 Å². The van der Waals surface area contributed by atoms with Gasteiger partial charge in [0, 0.05) is 16.7 Å². The molecule has 0 aliphatic carbocycles. The first-order valence-electron chi connectivity index (χ1n) is 10.7. The van der Waals surface area contributed by atoms with Gasteiger partial charge in [-0.2, -0.15) is 0 Å². The van der Waals surface area contributed by atoms with Gasteiger partial charge < -0.3 is 25.2 Å². The molecule has 1 heterocycles. The molecule has 1 aliphatic rings. The fourth-order valence-corrected chi connectivity index (χ4v) is 4.39. The number of aryl methyl sites for hydroxylation is 1. The van der Waals surface area contributed by atoms with Gasteiger partial charge in [0.2, 0.25) is 5.75 Å². The Hall–Kier alpha value is -3.34. The second kappa shape index (κ2) is 7.73. The van der Waals surface area contributed by atoms with E-state index in [4.69, 9.17) is 4.74 Å². The van der Waals surface area contributed by atoms with Crippen molar-refractivity contribution in [2.75, 3.05) is 0 Å².